The van der Waals surface area contributed by atoms with Crippen LogP contribution in [0.15, 0.2) is 16.6 Å². The fourth-order valence-corrected chi connectivity index (χ4v) is 3.62. The van der Waals surface area contributed by atoms with Crippen LogP contribution >= 0.6 is 15.9 Å². The number of hydrogen-bond donors (Lipinski definition) is 2. The Balaban J connectivity index is 2.11. The molecular formula is C17H26BrNO3. The highest BCUT2D eigenvalue weighted by Crippen LogP contribution is 2.36. The second kappa shape index (κ2) is 8.18. The van der Waals surface area contributed by atoms with Crippen LogP contribution in [0.2, 0.25) is 0 Å². The van der Waals surface area contributed by atoms with Gasteiger partial charge in [-0.1, -0.05) is 6.92 Å². The minimum atomic E-state index is -0.253. The smallest absolute Gasteiger partial charge is 0.172 e. The molecular weight excluding hydrogens is 346 g/mol. The maximum absolute atomic E-state index is 10.3. The molecule has 1 fully saturated rings. The lowest BCUT2D eigenvalue weighted by atomic mass is 9.88. The Hall–Kier alpha value is -0.780. The van der Waals surface area contributed by atoms with Crippen LogP contribution in [-0.2, 0) is 6.42 Å². The van der Waals surface area contributed by atoms with Crippen molar-refractivity contribution in [2.24, 2.45) is 5.92 Å². The summed E-state index contributed by atoms with van der Waals surface area (Å²) >= 11 is 3.38. The second-order valence-electron chi connectivity index (χ2n) is 5.98. The highest BCUT2D eigenvalue weighted by atomic mass is 79.9. The third-order valence-corrected chi connectivity index (χ3v) is 4.81. The van der Waals surface area contributed by atoms with Crippen molar-refractivity contribution >= 4 is 15.9 Å². The standard InChI is InChI=1S/C17H26BrNO3/c1-3-6-19-7-5-15(20)13(11-19)8-12-9-14(18)17(21)16(10-12)22-4-2/h9-10,13,15,20-21H,3-8,11H2,1-2H3. The zero-order valence-electron chi connectivity index (χ0n) is 13.4. The van der Waals surface area contributed by atoms with E-state index in [0.29, 0.717) is 16.8 Å². The summed E-state index contributed by atoms with van der Waals surface area (Å²) in [5.74, 6) is 0.871. The normalized spacial score (nSPS) is 22.7. The van der Waals surface area contributed by atoms with Gasteiger partial charge in [0.1, 0.15) is 0 Å². The third kappa shape index (κ3) is 4.37. The summed E-state index contributed by atoms with van der Waals surface area (Å²) in [7, 11) is 0. The van der Waals surface area contributed by atoms with Crippen LogP contribution in [-0.4, -0.2) is 47.5 Å². The summed E-state index contributed by atoms with van der Waals surface area (Å²) in [6.45, 7) is 7.60. The van der Waals surface area contributed by atoms with Gasteiger partial charge in [-0.05, 0) is 66.4 Å². The lowest BCUT2D eigenvalue weighted by Gasteiger charge is -2.36. The molecule has 1 aliphatic rings. The van der Waals surface area contributed by atoms with E-state index in [2.05, 4.69) is 27.8 Å². The van der Waals surface area contributed by atoms with E-state index in [-0.39, 0.29) is 17.8 Å². The number of aromatic hydroxyl groups is 1. The Morgan fingerprint density at radius 3 is 2.82 bits per heavy atom. The van der Waals surface area contributed by atoms with Gasteiger partial charge in [0.2, 0.25) is 0 Å². The number of aliphatic hydroxyl groups is 1. The molecule has 0 radical (unpaired) electrons. The first-order chi connectivity index (χ1) is 10.5. The molecule has 0 aliphatic carbocycles. The Kier molecular flexibility index (Phi) is 6.53. The summed E-state index contributed by atoms with van der Waals surface area (Å²) in [6, 6.07) is 3.80. The van der Waals surface area contributed by atoms with Crippen molar-refractivity contribution in [2.45, 2.75) is 39.2 Å². The predicted molar refractivity (Wildman–Crippen MR) is 91.5 cm³/mol. The van der Waals surface area contributed by atoms with Crippen molar-refractivity contribution in [3.8, 4) is 11.5 Å². The molecule has 2 N–H and O–H groups in total. The predicted octanol–water partition coefficient (Wildman–Crippen LogP) is 3.19. The number of hydrogen-bond acceptors (Lipinski definition) is 4. The molecule has 2 unspecified atom stereocenters. The van der Waals surface area contributed by atoms with E-state index in [9.17, 15) is 10.2 Å². The average molecular weight is 372 g/mol. The molecule has 0 aromatic heterocycles. The fraction of sp³-hybridized carbons (Fsp3) is 0.647. The van der Waals surface area contributed by atoms with E-state index in [1.165, 1.54) is 0 Å². The largest absolute Gasteiger partial charge is 0.503 e. The first-order valence-electron chi connectivity index (χ1n) is 8.09. The van der Waals surface area contributed by atoms with Gasteiger partial charge in [-0.2, -0.15) is 0 Å². The number of likely N-dealkylation sites (tertiary alicyclic amines) is 1. The lowest BCUT2D eigenvalue weighted by Crippen LogP contribution is -2.44. The molecule has 1 heterocycles. The van der Waals surface area contributed by atoms with Crippen molar-refractivity contribution in [3.63, 3.8) is 0 Å². The number of rotatable bonds is 6. The van der Waals surface area contributed by atoms with Crippen LogP contribution in [0.25, 0.3) is 0 Å². The minimum Gasteiger partial charge on any atom is -0.503 e. The summed E-state index contributed by atoms with van der Waals surface area (Å²) in [5.41, 5.74) is 1.08. The summed E-state index contributed by atoms with van der Waals surface area (Å²) in [4.78, 5) is 2.43. The quantitative estimate of drug-likeness (QED) is 0.805. The van der Waals surface area contributed by atoms with Gasteiger partial charge in [-0.3, -0.25) is 0 Å². The monoisotopic (exact) mass is 371 g/mol. The van der Waals surface area contributed by atoms with Gasteiger partial charge in [0.15, 0.2) is 11.5 Å². The molecule has 0 bridgehead atoms. The van der Waals surface area contributed by atoms with Gasteiger partial charge in [0.05, 0.1) is 17.2 Å². The molecule has 124 valence electrons. The fourth-order valence-electron chi connectivity index (χ4n) is 3.13. The van der Waals surface area contributed by atoms with E-state index in [1.54, 1.807) is 0 Å². The molecule has 1 aliphatic heterocycles. The van der Waals surface area contributed by atoms with Crippen molar-refractivity contribution < 1.29 is 14.9 Å². The van der Waals surface area contributed by atoms with Crippen molar-refractivity contribution in [1.29, 1.82) is 0 Å². The lowest BCUT2D eigenvalue weighted by molar-refractivity contribution is 0.0270. The molecule has 1 saturated heterocycles. The van der Waals surface area contributed by atoms with Gasteiger partial charge in [0.25, 0.3) is 0 Å². The SMILES string of the molecule is CCCN1CCC(O)C(Cc2cc(Br)c(O)c(OCC)c2)C1. The van der Waals surface area contributed by atoms with E-state index in [0.717, 1.165) is 44.5 Å². The molecule has 0 spiro atoms. The van der Waals surface area contributed by atoms with Crippen LogP contribution in [0.3, 0.4) is 0 Å². The third-order valence-electron chi connectivity index (χ3n) is 4.20. The number of aliphatic hydroxyl groups excluding tert-OH is 1. The molecule has 0 saturated carbocycles. The van der Waals surface area contributed by atoms with Crippen LogP contribution in [0, 0.1) is 5.92 Å². The molecule has 0 amide bonds. The van der Waals surface area contributed by atoms with Gasteiger partial charge in [-0.25, -0.2) is 0 Å². The number of phenolic OH excluding ortho intramolecular Hbond substituents is 1. The highest BCUT2D eigenvalue weighted by Gasteiger charge is 2.27. The molecule has 1 aromatic carbocycles. The van der Waals surface area contributed by atoms with E-state index >= 15 is 0 Å². The summed E-state index contributed by atoms with van der Waals surface area (Å²) in [6.07, 6.45) is 2.51. The van der Waals surface area contributed by atoms with Gasteiger partial charge in [-0.15, -0.1) is 0 Å². The number of ether oxygens (including phenoxy) is 1. The minimum absolute atomic E-state index is 0.141. The number of nitrogens with zero attached hydrogens (tertiary/aromatic N) is 1. The molecule has 4 nitrogen and oxygen atoms in total. The van der Waals surface area contributed by atoms with Crippen molar-refractivity contribution in [1.82, 2.24) is 4.90 Å². The Morgan fingerprint density at radius 2 is 2.14 bits per heavy atom. The zero-order chi connectivity index (χ0) is 16.1. The molecule has 1 aromatic rings. The van der Waals surface area contributed by atoms with Gasteiger partial charge < -0.3 is 19.8 Å². The Morgan fingerprint density at radius 1 is 1.36 bits per heavy atom. The van der Waals surface area contributed by atoms with Crippen LogP contribution in [0.5, 0.6) is 11.5 Å². The maximum Gasteiger partial charge on any atom is 0.172 e. The second-order valence-corrected chi connectivity index (χ2v) is 6.83. The zero-order valence-corrected chi connectivity index (χ0v) is 15.0. The van der Waals surface area contributed by atoms with E-state index < -0.39 is 0 Å². The van der Waals surface area contributed by atoms with Crippen LogP contribution in [0.4, 0.5) is 0 Å². The Bertz CT molecular complexity index is 495. The molecule has 22 heavy (non-hydrogen) atoms. The highest BCUT2D eigenvalue weighted by molar-refractivity contribution is 9.10. The van der Waals surface area contributed by atoms with Crippen LogP contribution < -0.4 is 4.74 Å². The number of phenols is 1. The maximum atomic E-state index is 10.3. The number of halogens is 1. The topological polar surface area (TPSA) is 52.9 Å². The van der Waals surface area contributed by atoms with Gasteiger partial charge >= 0.3 is 0 Å². The molecule has 2 rings (SSSR count). The van der Waals surface area contributed by atoms with Crippen molar-refractivity contribution in [2.75, 3.05) is 26.2 Å². The van der Waals surface area contributed by atoms with Crippen LogP contribution in [0.1, 0.15) is 32.3 Å². The summed E-state index contributed by atoms with van der Waals surface area (Å²) < 4.78 is 6.12. The van der Waals surface area contributed by atoms with Crippen molar-refractivity contribution in [3.05, 3.63) is 22.2 Å². The van der Waals surface area contributed by atoms with Gasteiger partial charge in [0, 0.05) is 19.0 Å². The van der Waals surface area contributed by atoms with E-state index in [4.69, 9.17) is 4.74 Å². The molecule has 5 heteroatoms. The number of piperidine rings is 1. The molecule has 2 atom stereocenters. The first-order valence-corrected chi connectivity index (χ1v) is 8.89. The first kappa shape index (κ1) is 17.6. The average Bonchev–Trinajstić information content (AvgIpc) is 2.48. The number of benzene rings is 1. The van der Waals surface area contributed by atoms with E-state index in [1.807, 2.05) is 19.1 Å². The Labute approximate surface area is 141 Å². The summed E-state index contributed by atoms with van der Waals surface area (Å²) in [5, 5.41) is 20.3.